The third-order valence-electron chi connectivity index (χ3n) is 4.06. The Labute approximate surface area is 159 Å². The van der Waals surface area contributed by atoms with Crippen molar-refractivity contribution in [3.05, 3.63) is 51.9 Å². The van der Waals surface area contributed by atoms with Crippen molar-refractivity contribution in [2.75, 3.05) is 12.9 Å². The smallest absolute Gasteiger partial charge is 0.346 e. The standard InChI is InChI=1S/C18H19N3O5S/c1-11(15(22)19-9-12-3-5-13(25-2)6-4-12)26-17(24)14-10-20-18-21(16(14)23)7-8-27-18/h3-6,10-11H,7-9H2,1-2H3,(H,19,22)/t11-/m1/s1. The third-order valence-corrected chi connectivity index (χ3v) is 5.03. The summed E-state index contributed by atoms with van der Waals surface area (Å²) in [5, 5.41) is 3.28. The molecule has 8 nitrogen and oxygen atoms in total. The van der Waals surface area contributed by atoms with Crippen LogP contribution in [0.1, 0.15) is 22.8 Å². The predicted octanol–water partition coefficient (Wildman–Crippen LogP) is 1.22. The maximum atomic E-state index is 12.3. The molecule has 142 valence electrons. The van der Waals surface area contributed by atoms with Crippen LogP contribution in [-0.4, -0.2) is 40.4 Å². The van der Waals surface area contributed by atoms with E-state index in [2.05, 4.69) is 10.3 Å². The van der Waals surface area contributed by atoms with E-state index in [1.807, 2.05) is 12.1 Å². The lowest BCUT2D eigenvalue weighted by Gasteiger charge is -2.14. The molecule has 0 spiro atoms. The summed E-state index contributed by atoms with van der Waals surface area (Å²) in [6.45, 7) is 2.24. The zero-order chi connectivity index (χ0) is 19.4. The number of amides is 1. The average Bonchev–Trinajstić information content (AvgIpc) is 3.16. The molecule has 27 heavy (non-hydrogen) atoms. The van der Waals surface area contributed by atoms with E-state index in [0.29, 0.717) is 11.7 Å². The number of methoxy groups -OCH3 is 1. The SMILES string of the molecule is COc1ccc(CNC(=O)[C@@H](C)OC(=O)c2cnc3n(c2=O)CCS3)cc1. The van der Waals surface area contributed by atoms with Gasteiger partial charge in [-0.3, -0.25) is 14.2 Å². The van der Waals surface area contributed by atoms with Crippen LogP contribution in [0.15, 0.2) is 40.4 Å². The quantitative estimate of drug-likeness (QED) is 0.586. The molecule has 2 aromatic rings. The van der Waals surface area contributed by atoms with Crippen LogP contribution < -0.4 is 15.6 Å². The molecule has 0 aliphatic carbocycles. The first kappa shape index (κ1) is 19.0. The summed E-state index contributed by atoms with van der Waals surface area (Å²) in [5.74, 6) is 0.154. The van der Waals surface area contributed by atoms with Crippen LogP contribution in [-0.2, 0) is 22.6 Å². The predicted molar refractivity (Wildman–Crippen MR) is 98.9 cm³/mol. The van der Waals surface area contributed by atoms with Crippen molar-refractivity contribution in [3.63, 3.8) is 0 Å². The van der Waals surface area contributed by atoms with Crippen LogP contribution in [0.5, 0.6) is 5.75 Å². The molecule has 0 radical (unpaired) electrons. The summed E-state index contributed by atoms with van der Waals surface area (Å²) >= 11 is 1.46. The second-order valence-corrected chi connectivity index (χ2v) is 6.94. The topological polar surface area (TPSA) is 99.5 Å². The van der Waals surface area contributed by atoms with E-state index < -0.39 is 23.5 Å². The number of hydrogen-bond acceptors (Lipinski definition) is 7. The van der Waals surface area contributed by atoms with E-state index in [1.165, 1.54) is 29.4 Å². The molecule has 1 aliphatic rings. The highest BCUT2D eigenvalue weighted by Gasteiger charge is 2.24. The normalized spacial score (nSPS) is 13.6. The summed E-state index contributed by atoms with van der Waals surface area (Å²) in [6.07, 6.45) is 0.166. The van der Waals surface area contributed by atoms with Crippen LogP contribution in [0.25, 0.3) is 0 Å². The summed E-state index contributed by atoms with van der Waals surface area (Å²) in [5.41, 5.74) is 0.262. The van der Waals surface area contributed by atoms with Crippen LogP contribution >= 0.6 is 11.8 Å². The highest BCUT2D eigenvalue weighted by molar-refractivity contribution is 7.99. The first-order chi connectivity index (χ1) is 13.0. The molecule has 1 aliphatic heterocycles. The summed E-state index contributed by atoms with van der Waals surface area (Å²) in [4.78, 5) is 40.8. The Balaban J connectivity index is 1.57. The minimum Gasteiger partial charge on any atom is -0.497 e. The number of benzene rings is 1. The number of ether oxygens (including phenoxy) is 2. The van der Waals surface area contributed by atoms with E-state index in [0.717, 1.165) is 17.1 Å². The number of carbonyl (C=O) groups is 2. The number of aromatic nitrogens is 2. The largest absolute Gasteiger partial charge is 0.497 e. The minimum absolute atomic E-state index is 0.170. The zero-order valence-corrected chi connectivity index (χ0v) is 15.7. The van der Waals surface area contributed by atoms with Crippen LogP contribution in [0, 0.1) is 0 Å². The fourth-order valence-corrected chi connectivity index (χ4v) is 3.43. The van der Waals surface area contributed by atoms with Crippen molar-refractivity contribution in [1.29, 1.82) is 0 Å². The molecule has 1 amide bonds. The highest BCUT2D eigenvalue weighted by Crippen LogP contribution is 2.20. The fraction of sp³-hybridized carbons (Fsp3) is 0.333. The van der Waals surface area contributed by atoms with Gasteiger partial charge < -0.3 is 14.8 Å². The van der Waals surface area contributed by atoms with Gasteiger partial charge in [-0.05, 0) is 24.6 Å². The molecule has 0 saturated carbocycles. The maximum Gasteiger partial charge on any atom is 0.346 e. The second kappa shape index (κ2) is 8.26. The molecule has 1 aromatic heterocycles. The Bertz CT molecular complexity index is 910. The van der Waals surface area contributed by atoms with Crippen LogP contribution in [0.3, 0.4) is 0 Å². The van der Waals surface area contributed by atoms with Gasteiger partial charge in [0.15, 0.2) is 11.3 Å². The molecular weight excluding hydrogens is 370 g/mol. The average molecular weight is 389 g/mol. The molecular formula is C18H19N3O5S. The molecule has 0 bridgehead atoms. The van der Waals surface area contributed by atoms with Gasteiger partial charge in [0.05, 0.1) is 13.3 Å². The molecule has 0 unspecified atom stereocenters. The maximum absolute atomic E-state index is 12.3. The third kappa shape index (κ3) is 4.30. The van der Waals surface area contributed by atoms with Gasteiger partial charge >= 0.3 is 5.97 Å². The molecule has 9 heteroatoms. The number of thioether (sulfide) groups is 1. The first-order valence-corrected chi connectivity index (χ1v) is 9.32. The van der Waals surface area contributed by atoms with Crippen LogP contribution in [0.2, 0.25) is 0 Å². The number of nitrogens with zero attached hydrogens (tertiary/aromatic N) is 2. The van der Waals surface area contributed by atoms with Crippen molar-refractivity contribution < 1.29 is 19.1 Å². The number of carbonyl (C=O) groups excluding carboxylic acids is 2. The summed E-state index contributed by atoms with van der Waals surface area (Å²) in [7, 11) is 1.58. The van der Waals surface area contributed by atoms with E-state index in [9.17, 15) is 14.4 Å². The fourth-order valence-electron chi connectivity index (χ4n) is 2.51. The van der Waals surface area contributed by atoms with Crippen LogP contribution in [0.4, 0.5) is 0 Å². The van der Waals surface area contributed by atoms with Gasteiger partial charge in [-0.15, -0.1) is 0 Å². The zero-order valence-electron chi connectivity index (χ0n) is 14.9. The van der Waals surface area contributed by atoms with Crippen molar-refractivity contribution in [3.8, 4) is 5.75 Å². The number of fused-ring (bicyclic) bond motifs is 1. The molecule has 0 saturated heterocycles. The number of esters is 1. The molecule has 1 atom stereocenters. The molecule has 1 aromatic carbocycles. The van der Waals surface area contributed by atoms with Gasteiger partial charge in [0, 0.05) is 18.8 Å². The van der Waals surface area contributed by atoms with Gasteiger partial charge in [-0.1, -0.05) is 23.9 Å². The highest BCUT2D eigenvalue weighted by atomic mass is 32.2. The van der Waals surface area contributed by atoms with Crippen molar-refractivity contribution in [2.45, 2.75) is 31.3 Å². The lowest BCUT2D eigenvalue weighted by molar-refractivity contribution is -0.129. The lowest BCUT2D eigenvalue weighted by Crippen LogP contribution is -2.37. The van der Waals surface area contributed by atoms with Gasteiger partial charge in [-0.25, -0.2) is 9.78 Å². The Kier molecular flexibility index (Phi) is 5.80. The molecule has 2 heterocycles. The van der Waals surface area contributed by atoms with E-state index in [-0.39, 0.29) is 12.1 Å². The van der Waals surface area contributed by atoms with E-state index in [4.69, 9.17) is 9.47 Å². The van der Waals surface area contributed by atoms with Crippen molar-refractivity contribution in [2.24, 2.45) is 0 Å². The van der Waals surface area contributed by atoms with Gasteiger partial charge in [0.1, 0.15) is 11.3 Å². The monoisotopic (exact) mass is 389 g/mol. The molecule has 3 rings (SSSR count). The molecule has 0 fully saturated rings. The van der Waals surface area contributed by atoms with Crippen molar-refractivity contribution in [1.82, 2.24) is 14.9 Å². The second-order valence-electron chi connectivity index (χ2n) is 5.87. The Morgan fingerprint density at radius 1 is 1.33 bits per heavy atom. The first-order valence-electron chi connectivity index (χ1n) is 8.34. The van der Waals surface area contributed by atoms with Crippen molar-refractivity contribution >= 4 is 23.6 Å². The molecule has 1 N–H and O–H groups in total. The minimum atomic E-state index is -1.04. The summed E-state index contributed by atoms with van der Waals surface area (Å²) in [6, 6.07) is 7.23. The van der Waals surface area contributed by atoms with Gasteiger partial charge in [0.2, 0.25) is 0 Å². The van der Waals surface area contributed by atoms with Gasteiger partial charge in [-0.2, -0.15) is 0 Å². The lowest BCUT2D eigenvalue weighted by atomic mass is 10.2. The number of nitrogens with one attached hydrogen (secondary N) is 1. The number of hydrogen-bond donors (Lipinski definition) is 1. The Morgan fingerprint density at radius 3 is 2.78 bits per heavy atom. The Hall–Kier alpha value is -2.81. The van der Waals surface area contributed by atoms with E-state index in [1.54, 1.807) is 19.2 Å². The Morgan fingerprint density at radius 2 is 2.07 bits per heavy atom. The number of rotatable bonds is 6. The van der Waals surface area contributed by atoms with Gasteiger partial charge in [0.25, 0.3) is 11.5 Å². The summed E-state index contributed by atoms with van der Waals surface area (Å²) < 4.78 is 11.7. The van der Waals surface area contributed by atoms with E-state index >= 15 is 0 Å².